The molecule has 2 aromatic carbocycles. The number of nitrogens with two attached hydrogens (primary N) is 1. The first kappa shape index (κ1) is 12.2. The largest absolute Gasteiger partial charge is 0.329 e. The van der Waals surface area contributed by atoms with E-state index in [1.807, 2.05) is 17.8 Å². The first-order valence-electron chi connectivity index (χ1n) is 5.78. The minimum atomic E-state index is 0.331. The Morgan fingerprint density at radius 1 is 1.06 bits per heavy atom. The van der Waals surface area contributed by atoms with Gasteiger partial charge >= 0.3 is 0 Å². The van der Waals surface area contributed by atoms with Crippen molar-refractivity contribution < 1.29 is 0 Å². The number of aryl methyl sites for hydroxylation is 1. The van der Waals surface area contributed by atoms with Crippen molar-refractivity contribution in [3.05, 3.63) is 65.7 Å². The molecule has 2 rings (SSSR count). The van der Waals surface area contributed by atoms with Crippen LogP contribution in [0.2, 0.25) is 0 Å². The average molecular weight is 243 g/mol. The highest BCUT2D eigenvalue weighted by molar-refractivity contribution is 7.99. The first-order valence-corrected chi connectivity index (χ1v) is 6.66. The summed E-state index contributed by atoms with van der Waals surface area (Å²) in [6, 6.07) is 19.0. The summed E-state index contributed by atoms with van der Waals surface area (Å²) in [5, 5.41) is 0.331. The standard InChI is InChI=1S/C15H17NS/c1-12-6-5-9-14(10-12)17-15(11-16)13-7-3-2-4-8-13/h2-10,15H,11,16H2,1H3. The third-order valence-corrected chi connectivity index (χ3v) is 3.93. The molecule has 0 saturated heterocycles. The zero-order valence-corrected chi connectivity index (χ0v) is 10.8. The Kier molecular flexibility index (Phi) is 4.24. The fourth-order valence-corrected chi connectivity index (χ4v) is 2.90. The van der Waals surface area contributed by atoms with Crippen LogP contribution >= 0.6 is 11.8 Å². The van der Waals surface area contributed by atoms with Gasteiger partial charge in [-0.2, -0.15) is 0 Å². The number of hydrogen-bond donors (Lipinski definition) is 1. The molecule has 0 bridgehead atoms. The molecule has 0 aliphatic heterocycles. The lowest BCUT2D eigenvalue weighted by molar-refractivity contribution is 0.941. The summed E-state index contributed by atoms with van der Waals surface area (Å²) < 4.78 is 0. The highest BCUT2D eigenvalue weighted by atomic mass is 32.2. The van der Waals surface area contributed by atoms with Crippen molar-refractivity contribution in [2.45, 2.75) is 17.1 Å². The van der Waals surface area contributed by atoms with Gasteiger partial charge in [-0.15, -0.1) is 11.8 Å². The molecule has 0 fully saturated rings. The van der Waals surface area contributed by atoms with Gasteiger partial charge in [0.1, 0.15) is 0 Å². The Balaban J connectivity index is 2.16. The van der Waals surface area contributed by atoms with Crippen molar-refractivity contribution >= 4 is 11.8 Å². The van der Waals surface area contributed by atoms with Crippen molar-refractivity contribution in [1.29, 1.82) is 0 Å². The fourth-order valence-electron chi connectivity index (χ4n) is 1.77. The third kappa shape index (κ3) is 3.35. The molecule has 0 radical (unpaired) electrons. The van der Waals surface area contributed by atoms with E-state index in [4.69, 9.17) is 5.73 Å². The van der Waals surface area contributed by atoms with Gasteiger partial charge in [0.15, 0.2) is 0 Å². The molecule has 1 unspecified atom stereocenters. The first-order chi connectivity index (χ1) is 8.29. The van der Waals surface area contributed by atoms with Gasteiger partial charge in [-0.3, -0.25) is 0 Å². The van der Waals surface area contributed by atoms with Crippen LogP contribution in [-0.4, -0.2) is 6.54 Å². The van der Waals surface area contributed by atoms with Gasteiger partial charge in [0.05, 0.1) is 0 Å². The Morgan fingerprint density at radius 3 is 2.47 bits per heavy atom. The van der Waals surface area contributed by atoms with Crippen LogP contribution in [0.4, 0.5) is 0 Å². The summed E-state index contributed by atoms with van der Waals surface area (Å²) in [7, 11) is 0. The molecular formula is C15H17NS. The normalized spacial score (nSPS) is 12.4. The lowest BCUT2D eigenvalue weighted by Crippen LogP contribution is -2.09. The van der Waals surface area contributed by atoms with E-state index in [2.05, 4.69) is 55.5 Å². The number of rotatable bonds is 4. The summed E-state index contributed by atoms with van der Waals surface area (Å²) in [6.07, 6.45) is 0. The molecule has 0 aliphatic rings. The molecule has 88 valence electrons. The van der Waals surface area contributed by atoms with E-state index in [9.17, 15) is 0 Å². The van der Waals surface area contributed by atoms with Gasteiger partial charge in [0.25, 0.3) is 0 Å². The van der Waals surface area contributed by atoms with E-state index in [0.29, 0.717) is 11.8 Å². The van der Waals surface area contributed by atoms with E-state index in [0.717, 1.165) is 0 Å². The molecule has 0 spiro atoms. The van der Waals surface area contributed by atoms with Crippen molar-refractivity contribution in [3.8, 4) is 0 Å². The van der Waals surface area contributed by atoms with E-state index >= 15 is 0 Å². The van der Waals surface area contributed by atoms with Crippen LogP contribution in [0.15, 0.2) is 59.5 Å². The predicted molar refractivity (Wildman–Crippen MR) is 75.3 cm³/mol. The molecule has 1 atom stereocenters. The molecule has 2 heteroatoms. The zero-order valence-electron chi connectivity index (χ0n) is 9.97. The molecule has 0 aliphatic carbocycles. The van der Waals surface area contributed by atoms with Crippen LogP contribution in [0.25, 0.3) is 0 Å². The van der Waals surface area contributed by atoms with Gasteiger partial charge in [-0.05, 0) is 24.6 Å². The molecule has 0 saturated carbocycles. The van der Waals surface area contributed by atoms with Crippen LogP contribution in [0.1, 0.15) is 16.4 Å². The molecule has 2 aromatic rings. The summed E-state index contributed by atoms with van der Waals surface area (Å²) >= 11 is 1.83. The second kappa shape index (κ2) is 5.89. The predicted octanol–water partition coefficient (Wildman–Crippen LogP) is 3.79. The van der Waals surface area contributed by atoms with Crippen molar-refractivity contribution in [3.63, 3.8) is 0 Å². The highest BCUT2D eigenvalue weighted by Crippen LogP contribution is 2.34. The Bertz CT molecular complexity index is 467. The molecule has 2 N–H and O–H groups in total. The second-order valence-corrected chi connectivity index (χ2v) is 5.35. The van der Waals surface area contributed by atoms with Crippen LogP contribution in [0.3, 0.4) is 0 Å². The maximum absolute atomic E-state index is 5.87. The van der Waals surface area contributed by atoms with Crippen molar-refractivity contribution in [2.75, 3.05) is 6.54 Å². The van der Waals surface area contributed by atoms with Crippen LogP contribution < -0.4 is 5.73 Å². The highest BCUT2D eigenvalue weighted by Gasteiger charge is 2.10. The summed E-state index contributed by atoms with van der Waals surface area (Å²) in [5.74, 6) is 0. The van der Waals surface area contributed by atoms with Gasteiger partial charge in [0.2, 0.25) is 0 Å². The quantitative estimate of drug-likeness (QED) is 0.827. The zero-order chi connectivity index (χ0) is 12.1. The number of benzene rings is 2. The molecule has 1 nitrogen and oxygen atoms in total. The van der Waals surface area contributed by atoms with Crippen molar-refractivity contribution in [2.24, 2.45) is 5.73 Å². The minimum absolute atomic E-state index is 0.331. The Labute approximate surface area is 107 Å². The van der Waals surface area contributed by atoms with E-state index in [1.54, 1.807) is 0 Å². The van der Waals surface area contributed by atoms with E-state index in [1.165, 1.54) is 16.0 Å². The smallest absolute Gasteiger partial charge is 0.0466 e. The topological polar surface area (TPSA) is 26.0 Å². The summed E-state index contributed by atoms with van der Waals surface area (Å²) in [4.78, 5) is 1.28. The van der Waals surface area contributed by atoms with Crippen LogP contribution in [0.5, 0.6) is 0 Å². The number of hydrogen-bond acceptors (Lipinski definition) is 2. The van der Waals surface area contributed by atoms with Gasteiger partial charge in [-0.1, -0.05) is 48.0 Å². The van der Waals surface area contributed by atoms with E-state index < -0.39 is 0 Å². The maximum Gasteiger partial charge on any atom is 0.0466 e. The minimum Gasteiger partial charge on any atom is -0.329 e. The summed E-state index contributed by atoms with van der Waals surface area (Å²) in [5.41, 5.74) is 8.45. The monoisotopic (exact) mass is 243 g/mol. The molecular weight excluding hydrogens is 226 g/mol. The third-order valence-electron chi connectivity index (χ3n) is 2.65. The van der Waals surface area contributed by atoms with Gasteiger partial charge < -0.3 is 5.73 Å². The SMILES string of the molecule is Cc1cccc(SC(CN)c2ccccc2)c1. The summed E-state index contributed by atoms with van der Waals surface area (Å²) in [6.45, 7) is 2.77. The van der Waals surface area contributed by atoms with Crippen LogP contribution in [0, 0.1) is 6.92 Å². The molecule has 0 aromatic heterocycles. The average Bonchev–Trinajstić information content (AvgIpc) is 2.37. The van der Waals surface area contributed by atoms with Gasteiger partial charge in [-0.25, -0.2) is 0 Å². The maximum atomic E-state index is 5.87. The Morgan fingerprint density at radius 2 is 1.82 bits per heavy atom. The molecule has 0 heterocycles. The second-order valence-electron chi connectivity index (χ2n) is 4.07. The lowest BCUT2D eigenvalue weighted by atomic mass is 10.1. The molecule has 17 heavy (non-hydrogen) atoms. The molecule has 0 amide bonds. The van der Waals surface area contributed by atoms with Gasteiger partial charge in [0, 0.05) is 16.7 Å². The number of thioether (sulfide) groups is 1. The van der Waals surface area contributed by atoms with E-state index in [-0.39, 0.29) is 0 Å². The Hall–Kier alpha value is -1.25. The lowest BCUT2D eigenvalue weighted by Gasteiger charge is -2.15. The fraction of sp³-hybridized carbons (Fsp3) is 0.200. The van der Waals surface area contributed by atoms with Crippen LogP contribution in [-0.2, 0) is 0 Å². The van der Waals surface area contributed by atoms with Crippen molar-refractivity contribution in [1.82, 2.24) is 0 Å².